The zero-order valence-electron chi connectivity index (χ0n) is 12.5. The molecule has 0 bridgehead atoms. The highest BCUT2D eigenvalue weighted by molar-refractivity contribution is 6.22. The topological polar surface area (TPSA) is 74.7 Å². The lowest BCUT2D eigenvalue weighted by atomic mass is 9.89. The first-order valence-corrected chi connectivity index (χ1v) is 6.90. The first kappa shape index (κ1) is 15.2. The van der Waals surface area contributed by atoms with Crippen molar-refractivity contribution in [1.29, 1.82) is 0 Å². The number of benzene rings is 1. The van der Waals surface area contributed by atoms with Crippen molar-refractivity contribution in [2.75, 3.05) is 6.54 Å². The molecule has 112 valence electrons. The van der Waals surface area contributed by atoms with Crippen LogP contribution < -0.4 is 0 Å². The number of carbonyl (C=O) groups excluding carboxylic acids is 3. The summed E-state index contributed by atoms with van der Waals surface area (Å²) in [6, 6.07) is 4.40. The molecule has 0 saturated heterocycles. The minimum Gasteiger partial charge on any atom is -0.507 e. The summed E-state index contributed by atoms with van der Waals surface area (Å²) in [5, 5.41) is 9.70. The van der Waals surface area contributed by atoms with E-state index >= 15 is 0 Å². The summed E-state index contributed by atoms with van der Waals surface area (Å²) in [6.07, 6.45) is 0.547. The quantitative estimate of drug-likeness (QED) is 0.864. The fraction of sp³-hybridized carbons (Fsp3) is 0.438. The number of phenolic OH excluding ortho intramolecular Hbond substituents is 1. The van der Waals surface area contributed by atoms with Crippen LogP contribution >= 0.6 is 0 Å². The Balaban J connectivity index is 2.08. The molecule has 0 saturated carbocycles. The minimum absolute atomic E-state index is 0.0169. The standard InChI is InChI=1S/C16H19NO4/c1-16(2,3)9-10(18)7-8-17-14(20)11-5-4-6-12(19)13(11)15(17)21/h4-6,19H,7-9H2,1-3H3. The van der Waals surface area contributed by atoms with Gasteiger partial charge in [0.15, 0.2) is 0 Å². The zero-order valence-corrected chi connectivity index (χ0v) is 12.5. The van der Waals surface area contributed by atoms with E-state index in [2.05, 4.69) is 0 Å². The molecule has 2 amide bonds. The lowest BCUT2D eigenvalue weighted by Crippen LogP contribution is -2.32. The third-order valence-electron chi connectivity index (χ3n) is 3.32. The third-order valence-corrected chi connectivity index (χ3v) is 3.32. The van der Waals surface area contributed by atoms with E-state index < -0.39 is 11.8 Å². The average molecular weight is 289 g/mol. The Hall–Kier alpha value is -2.17. The Morgan fingerprint density at radius 3 is 2.43 bits per heavy atom. The van der Waals surface area contributed by atoms with Gasteiger partial charge in [-0.3, -0.25) is 19.3 Å². The van der Waals surface area contributed by atoms with E-state index in [0.717, 1.165) is 4.90 Å². The lowest BCUT2D eigenvalue weighted by Gasteiger charge is -2.18. The fourth-order valence-electron chi connectivity index (χ4n) is 2.44. The van der Waals surface area contributed by atoms with Gasteiger partial charge in [-0.05, 0) is 17.5 Å². The minimum atomic E-state index is -0.531. The van der Waals surface area contributed by atoms with Gasteiger partial charge in [0, 0.05) is 19.4 Å². The van der Waals surface area contributed by atoms with Gasteiger partial charge in [0.2, 0.25) is 0 Å². The van der Waals surface area contributed by atoms with Crippen LogP contribution in [0.1, 0.15) is 54.3 Å². The second-order valence-corrected chi connectivity index (χ2v) is 6.49. The van der Waals surface area contributed by atoms with Gasteiger partial charge in [0.1, 0.15) is 11.5 Å². The molecule has 0 unspecified atom stereocenters. The van der Waals surface area contributed by atoms with Crippen molar-refractivity contribution in [2.45, 2.75) is 33.6 Å². The van der Waals surface area contributed by atoms with Crippen molar-refractivity contribution < 1.29 is 19.5 Å². The van der Waals surface area contributed by atoms with Gasteiger partial charge in [0.05, 0.1) is 11.1 Å². The second-order valence-electron chi connectivity index (χ2n) is 6.49. The number of fused-ring (bicyclic) bond motifs is 1. The molecule has 1 heterocycles. The predicted molar refractivity (Wildman–Crippen MR) is 77.2 cm³/mol. The molecule has 1 aliphatic rings. The molecule has 0 aliphatic carbocycles. The van der Waals surface area contributed by atoms with Crippen LogP contribution in [0.2, 0.25) is 0 Å². The van der Waals surface area contributed by atoms with Crippen LogP contribution in [-0.2, 0) is 4.79 Å². The number of hydrogen-bond acceptors (Lipinski definition) is 4. The van der Waals surface area contributed by atoms with Crippen molar-refractivity contribution in [2.24, 2.45) is 5.41 Å². The van der Waals surface area contributed by atoms with Crippen LogP contribution in [-0.4, -0.2) is 34.1 Å². The van der Waals surface area contributed by atoms with Crippen LogP contribution in [0.5, 0.6) is 5.75 Å². The van der Waals surface area contributed by atoms with Gasteiger partial charge >= 0.3 is 0 Å². The van der Waals surface area contributed by atoms with E-state index in [0.29, 0.717) is 6.42 Å². The van der Waals surface area contributed by atoms with E-state index in [-0.39, 0.29) is 41.0 Å². The Kier molecular flexibility index (Phi) is 3.85. The molecule has 2 rings (SSSR count). The number of aromatic hydroxyl groups is 1. The van der Waals surface area contributed by atoms with Crippen LogP contribution in [0.3, 0.4) is 0 Å². The Bertz CT molecular complexity index is 613. The monoisotopic (exact) mass is 289 g/mol. The number of phenols is 1. The van der Waals surface area contributed by atoms with E-state index in [4.69, 9.17) is 0 Å². The average Bonchev–Trinajstić information content (AvgIpc) is 2.59. The molecule has 0 radical (unpaired) electrons. The van der Waals surface area contributed by atoms with Gasteiger partial charge in [-0.1, -0.05) is 26.8 Å². The van der Waals surface area contributed by atoms with Gasteiger partial charge in [-0.15, -0.1) is 0 Å². The van der Waals surface area contributed by atoms with Gasteiger partial charge in [0.25, 0.3) is 11.8 Å². The Morgan fingerprint density at radius 2 is 1.86 bits per heavy atom. The van der Waals surface area contributed by atoms with Crippen molar-refractivity contribution in [3.63, 3.8) is 0 Å². The summed E-state index contributed by atoms with van der Waals surface area (Å²) in [5.74, 6) is -1.16. The Morgan fingerprint density at radius 1 is 1.19 bits per heavy atom. The maximum atomic E-state index is 12.2. The molecule has 1 aromatic rings. The smallest absolute Gasteiger partial charge is 0.265 e. The number of hydrogen-bond donors (Lipinski definition) is 1. The van der Waals surface area contributed by atoms with Crippen molar-refractivity contribution in [3.05, 3.63) is 29.3 Å². The summed E-state index contributed by atoms with van der Waals surface area (Å²) >= 11 is 0. The highest BCUT2D eigenvalue weighted by atomic mass is 16.3. The van der Waals surface area contributed by atoms with E-state index in [1.54, 1.807) is 0 Å². The molecule has 0 atom stereocenters. The van der Waals surface area contributed by atoms with Crippen molar-refractivity contribution >= 4 is 17.6 Å². The zero-order chi connectivity index (χ0) is 15.8. The largest absolute Gasteiger partial charge is 0.507 e. The molecule has 21 heavy (non-hydrogen) atoms. The highest BCUT2D eigenvalue weighted by Gasteiger charge is 2.37. The maximum absolute atomic E-state index is 12.2. The molecular formula is C16H19NO4. The highest BCUT2D eigenvalue weighted by Crippen LogP contribution is 2.30. The molecule has 0 aromatic heterocycles. The summed E-state index contributed by atoms with van der Waals surface area (Å²) in [4.78, 5) is 37.2. The number of carbonyl (C=O) groups is 3. The molecule has 1 aromatic carbocycles. The van der Waals surface area contributed by atoms with E-state index in [1.165, 1.54) is 18.2 Å². The first-order chi connectivity index (χ1) is 9.70. The molecule has 1 N–H and O–H groups in total. The molecule has 5 heteroatoms. The second kappa shape index (κ2) is 5.31. The van der Waals surface area contributed by atoms with Crippen molar-refractivity contribution in [1.82, 2.24) is 4.90 Å². The van der Waals surface area contributed by atoms with E-state index in [9.17, 15) is 19.5 Å². The molecule has 0 fully saturated rings. The summed E-state index contributed by atoms with van der Waals surface area (Å²) in [6.45, 7) is 5.95. The van der Waals surface area contributed by atoms with Gasteiger partial charge in [-0.25, -0.2) is 0 Å². The number of rotatable bonds is 4. The first-order valence-electron chi connectivity index (χ1n) is 6.90. The molecular weight excluding hydrogens is 270 g/mol. The number of amides is 2. The summed E-state index contributed by atoms with van der Waals surface area (Å²) < 4.78 is 0. The number of imide groups is 1. The maximum Gasteiger partial charge on any atom is 0.265 e. The number of Topliss-reactive ketones (excluding diaryl/α,β-unsaturated/α-hetero) is 1. The predicted octanol–water partition coefficient (Wildman–Crippen LogP) is 2.38. The van der Waals surface area contributed by atoms with Crippen LogP contribution in [0.4, 0.5) is 0 Å². The van der Waals surface area contributed by atoms with E-state index in [1.807, 2.05) is 20.8 Å². The molecule has 1 aliphatic heterocycles. The number of ketones is 1. The van der Waals surface area contributed by atoms with Crippen LogP contribution in [0.15, 0.2) is 18.2 Å². The molecule has 5 nitrogen and oxygen atoms in total. The van der Waals surface area contributed by atoms with Crippen molar-refractivity contribution in [3.8, 4) is 5.75 Å². The fourth-order valence-corrected chi connectivity index (χ4v) is 2.44. The van der Waals surface area contributed by atoms with Gasteiger partial charge < -0.3 is 5.11 Å². The third kappa shape index (κ3) is 3.12. The SMILES string of the molecule is CC(C)(C)CC(=O)CCN1C(=O)c2cccc(O)c2C1=O. The summed E-state index contributed by atoms with van der Waals surface area (Å²) in [5.41, 5.74) is 0.117. The van der Waals surface area contributed by atoms with Gasteiger partial charge in [-0.2, -0.15) is 0 Å². The van der Waals surface area contributed by atoms with Crippen LogP contribution in [0, 0.1) is 5.41 Å². The Labute approximate surface area is 123 Å². The lowest BCUT2D eigenvalue weighted by molar-refractivity contribution is -0.120. The number of nitrogens with zero attached hydrogens (tertiary/aromatic N) is 1. The normalized spacial score (nSPS) is 14.5. The molecule has 0 spiro atoms. The van der Waals surface area contributed by atoms with Crippen LogP contribution in [0.25, 0.3) is 0 Å². The summed E-state index contributed by atoms with van der Waals surface area (Å²) in [7, 11) is 0.